The van der Waals surface area contributed by atoms with Crippen molar-refractivity contribution in [2.75, 3.05) is 12.3 Å². The van der Waals surface area contributed by atoms with Crippen molar-refractivity contribution < 1.29 is 17.6 Å². The zero-order valence-corrected chi connectivity index (χ0v) is 10.2. The average Bonchev–Trinajstić information content (AvgIpc) is 2.18. The molecule has 0 aliphatic carbocycles. The third kappa shape index (κ3) is 6.14. The summed E-state index contributed by atoms with van der Waals surface area (Å²) >= 11 is 5.46. The minimum absolute atomic E-state index is 0.0985. The number of hydrogen-bond acceptors (Lipinski definition) is 2. The Morgan fingerprint density at radius 3 is 2.59 bits per heavy atom. The summed E-state index contributed by atoms with van der Waals surface area (Å²) in [6.07, 6.45) is 0. The van der Waals surface area contributed by atoms with E-state index in [9.17, 15) is 17.6 Å². The molecule has 0 saturated heterocycles. The van der Waals surface area contributed by atoms with Gasteiger partial charge in [0.2, 0.25) is 0 Å². The zero-order valence-electron chi connectivity index (χ0n) is 8.65. The number of thioether (sulfide) groups is 1. The number of halogens is 5. The molecule has 0 saturated carbocycles. The maximum atomic E-state index is 13.2. The van der Waals surface area contributed by atoms with E-state index in [1.54, 1.807) is 0 Å². The van der Waals surface area contributed by atoms with E-state index in [1.807, 2.05) is 0 Å². The lowest BCUT2D eigenvalue weighted by atomic mass is 10.2. The Labute approximate surface area is 106 Å². The van der Waals surface area contributed by atoms with E-state index in [4.69, 9.17) is 11.6 Å². The molecule has 1 aromatic rings. The van der Waals surface area contributed by atoms with Crippen LogP contribution in [0.5, 0.6) is 0 Å². The molecule has 0 atom stereocenters. The summed E-state index contributed by atoms with van der Waals surface area (Å²) in [5, 5.41) is 3.02. The second kappa shape index (κ2) is 6.47. The molecule has 1 nitrogen and oxygen atoms in total. The molecule has 0 unspecified atom stereocenters. The molecule has 1 rings (SSSR count). The minimum atomic E-state index is -4.22. The lowest BCUT2D eigenvalue weighted by Gasteiger charge is -2.07. The van der Waals surface area contributed by atoms with Gasteiger partial charge in [-0.15, -0.1) is 0 Å². The second-order valence-electron chi connectivity index (χ2n) is 3.21. The highest BCUT2D eigenvalue weighted by molar-refractivity contribution is 8.00. The molecule has 0 aliphatic heterocycles. The van der Waals surface area contributed by atoms with Gasteiger partial charge in [-0.1, -0.05) is 17.7 Å². The predicted octanol–water partition coefficient (Wildman–Crippen LogP) is 3.82. The van der Waals surface area contributed by atoms with Crippen molar-refractivity contribution in [3.63, 3.8) is 0 Å². The first-order chi connectivity index (χ1) is 7.88. The van der Waals surface area contributed by atoms with Gasteiger partial charge in [-0.25, -0.2) is 4.39 Å². The summed E-state index contributed by atoms with van der Waals surface area (Å²) in [5.74, 6) is -0.563. The first-order valence-electron chi connectivity index (χ1n) is 4.74. The largest absolute Gasteiger partial charge is 0.441 e. The van der Waals surface area contributed by atoms with Crippen molar-refractivity contribution in [3.05, 3.63) is 34.6 Å². The quantitative estimate of drug-likeness (QED) is 0.653. The van der Waals surface area contributed by atoms with Crippen molar-refractivity contribution in [3.8, 4) is 0 Å². The molecule has 0 bridgehead atoms. The van der Waals surface area contributed by atoms with Crippen LogP contribution in [0.25, 0.3) is 0 Å². The van der Waals surface area contributed by atoms with Gasteiger partial charge in [-0.05, 0) is 23.9 Å². The zero-order chi connectivity index (χ0) is 12.9. The lowest BCUT2D eigenvalue weighted by Crippen LogP contribution is -2.19. The molecule has 1 aromatic carbocycles. The van der Waals surface area contributed by atoms with Crippen molar-refractivity contribution in [1.29, 1.82) is 0 Å². The molecule has 17 heavy (non-hydrogen) atoms. The molecular formula is C10H10ClF4NS. The van der Waals surface area contributed by atoms with Crippen LogP contribution in [0.4, 0.5) is 17.6 Å². The highest BCUT2D eigenvalue weighted by Gasteiger charge is 2.27. The van der Waals surface area contributed by atoms with Gasteiger partial charge in [-0.2, -0.15) is 13.2 Å². The number of rotatable bonds is 5. The van der Waals surface area contributed by atoms with Crippen molar-refractivity contribution >= 4 is 23.4 Å². The molecule has 1 N–H and O–H groups in total. The molecule has 0 spiro atoms. The van der Waals surface area contributed by atoms with E-state index in [0.717, 1.165) is 0 Å². The summed E-state index contributed by atoms with van der Waals surface area (Å²) in [6.45, 7) is 0.341. The van der Waals surface area contributed by atoms with Crippen molar-refractivity contribution in [1.82, 2.24) is 5.32 Å². The van der Waals surface area contributed by atoms with E-state index < -0.39 is 11.3 Å². The van der Waals surface area contributed by atoms with Gasteiger partial charge in [0, 0.05) is 29.4 Å². The van der Waals surface area contributed by atoms with E-state index in [-0.39, 0.29) is 30.6 Å². The fourth-order valence-corrected chi connectivity index (χ4v) is 1.76. The SMILES string of the molecule is Fc1cc(Cl)ccc1CNCCSC(F)(F)F. The van der Waals surface area contributed by atoms with Crippen LogP contribution in [0, 0.1) is 5.82 Å². The fraction of sp³-hybridized carbons (Fsp3) is 0.400. The highest BCUT2D eigenvalue weighted by Crippen LogP contribution is 2.29. The number of hydrogen-bond donors (Lipinski definition) is 1. The Balaban J connectivity index is 2.27. The third-order valence-electron chi connectivity index (χ3n) is 1.88. The molecule has 0 radical (unpaired) electrons. The van der Waals surface area contributed by atoms with Crippen LogP contribution in [0.15, 0.2) is 18.2 Å². The summed E-state index contributed by atoms with van der Waals surface area (Å²) in [5.41, 5.74) is -3.83. The maximum Gasteiger partial charge on any atom is 0.441 e. The number of benzene rings is 1. The number of nitrogens with one attached hydrogen (secondary N) is 1. The average molecular weight is 288 g/mol. The number of alkyl halides is 3. The molecule has 0 aliphatic rings. The maximum absolute atomic E-state index is 13.2. The standard InChI is InChI=1S/C10H10ClF4NS/c11-8-2-1-7(9(12)5-8)6-16-3-4-17-10(13,14)15/h1-2,5,16H,3-4,6H2. The third-order valence-corrected chi connectivity index (χ3v) is 2.85. The van der Waals surface area contributed by atoms with Crippen LogP contribution < -0.4 is 5.32 Å². The van der Waals surface area contributed by atoms with Crippen LogP contribution in [-0.4, -0.2) is 17.8 Å². The minimum Gasteiger partial charge on any atom is -0.312 e. The van der Waals surface area contributed by atoms with Crippen LogP contribution in [0.2, 0.25) is 5.02 Å². The Kier molecular flexibility index (Phi) is 5.55. The summed E-state index contributed by atoms with van der Waals surface area (Å²) in [4.78, 5) is 0. The van der Waals surface area contributed by atoms with Gasteiger partial charge in [0.1, 0.15) is 5.82 Å². The lowest BCUT2D eigenvalue weighted by molar-refractivity contribution is -0.0327. The van der Waals surface area contributed by atoms with E-state index in [0.29, 0.717) is 10.6 Å². The Morgan fingerprint density at radius 2 is 2.00 bits per heavy atom. The monoisotopic (exact) mass is 287 g/mol. The summed E-state index contributed by atoms with van der Waals surface area (Å²) in [6, 6.07) is 4.21. The molecule has 0 fully saturated rings. The van der Waals surface area contributed by atoms with Crippen LogP contribution in [-0.2, 0) is 6.54 Å². The first-order valence-corrected chi connectivity index (χ1v) is 6.10. The van der Waals surface area contributed by atoms with E-state index in [1.165, 1.54) is 18.2 Å². The Bertz CT molecular complexity index is 370. The van der Waals surface area contributed by atoms with Crippen molar-refractivity contribution in [2.45, 2.75) is 12.1 Å². The summed E-state index contributed by atoms with van der Waals surface area (Å²) in [7, 11) is 0. The van der Waals surface area contributed by atoms with Crippen LogP contribution in [0.3, 0.4) is 0 Å². The summed E-state index contributed by atoms with van der Waals surface area (Å²) < 4.78 is 48.6. The Morgan fingerprint density at radius 1 is 1.29 bits per heavy atom. The van der Waals surface area contributed by atoms with E-state index >= 15 is 0 Å². The second-order valence-corrected chi connectivity index (χ2v) is 4.80. The topological polar surface area (TPSA) is 12.0 Å². The highest BCUT2D eigenvalue weighted by atomic mass is 35.5. The predicted molar refractivity (Wildman–Crippen MR) is 61.6 cm³/mol. The van der Waals surface area contributed by atoms with Crippen LogP contribution >= 0.6 is 23.4 Å². The normalized spacial score (nSPS) is 11.8. The van der Waals surface area contributed by atoms with Gasteiger partial charge >= 0.3 is 5.51 Å². The molecule has 7 heteroatoms. The first kappa shape index (κ1) is 14.6. The van der Waals surface area contributed by atoms with Crippen molar-refractivity contribution in [2.24, 2.45) is 0 Å². The molecule has 0 amide bonds. The van der Waals surface area contributed by atoms with Gasteiger partial charge < -0.3 is 5.32 Å². The molecule has 0 aromatic heterocycles. The van der Waals surface area contributed by atoms with Gasteiger partial charge in [-0.3, -0.25) is 0 Å². The molecule has 0 heterocycles. The smallest absolute Gasteiger partial charge is 0.312 e. The van der Waals surface area contributed by atoms with Gasteiger partial charge in [0.15, 0.2) is 0 Å². The van der Waals surface area contributed by atoms with E-state index in [2.05, 4.69) is 5.32 Å². The van der Waals surface area contributed by atoms with Gasteiger partial charge in [0.25, 0.3) is 0 Å². The fourth-order valence-electron chi connectivity index (χ4n) is 1.13. The van der Waals surface area contributed by atoms with Gasteiger partial charge in [0.05, 0.1) is 0 Å². The molecule has 96 valence electrons. The Hall–Kier alpha value is -0.460. The molecular weight excluding hydrogens is 278 g/mol. The van der Waals surface area contributed by atoms with Crippen LogP contribution in [0.1, 0.15) is 5.56 Å².